The number of amides is 2. The fourth-order valence-electron chi connectivity index (χ4n) is 3.70. The van der Waals surface area contributed by atoms with Crippen molar-refractivity contribution >= 4 is 45.1 Å². The van der Waals surface area contributed by atoms with Gasteiger partial charge in [-0.3, -0.25) is 14.4 Å². The van der Waals surface area contributed by atoms with Crippen molar-refractivity contribution in [1.29, 1.82) is 0 Å². The van der Waals surface area contributed by atoms with E-state index in [1.807, 2.05) is 32.9 Å². The van der Waals surface area contributed by atoms with Gasteiger partial charge in [0.2, 0.25) is 5.91 Å². The van der Waals surface area contributed by atoms with Crippen molar-refractivity contribution in [1.82, 2.24) is 0 Å². The molecule has 1 aliphatic rings. The summed E-state index contributed by atoms with van der Waals surface area (Å²) in [6, 6.07) is 11.0. The van der Waals surface area contributed by atoms with Crippen LogP contribution >= 0.6 is 15.9 Å². The van der Waals surface area contributed by atoms with E-state index in [-0.39, 0.29) is 18.9 Å². The fraction of sp³-hybridized carbons (Fsp3) is 0.375. The van der Waals surface area contributed by atoms with E-state index >= 15 is 0 Å². The van der Waals surface area contributed by atoms with Crippen LogP contribution in [0, 0.1) is 12.8 Å². The smallest absolute Gasteiger partial charge is 0.311 e. The number of nitrogens with one attached hydrogen (secondary N) is 1. The zero-order valence-corrected chi connectivity index (χ0v) is 20.0. The third-order valence-corrected chi connectivity index (χ3v) is 5.75. The monoisotopic (exact) mass is 502 g/mol. The van der Waals surface area contributed by atoms with E-state index in [0.29, 0.717) is 12.3 Å². The van der Waals surface area contributed by atoms with Gasteiger partial charge in [-0.15, -0.1) is 0 Å². The Bertz CT molecular complexity index is 1010. The van der Waals surface area contributed by atoms with Crippen LogP contribution in [0.3, 0.4) is 0 Å². The first-order valence-corrected chi connectivity index (χ1v) is 11.4. The number of ether oxygens (including phenoxy) is 2. The molecule has 1 fully saturated rings. The predicted octanol–water partition coefficient (Wildman–Crippen LogP) is 4.25. The summed E-state index contributed by atoms with van der Waals surface area (Å²) in [4.78, 5) is 38.8. The van der Waals surface area contributed by atoms with Gasteiger partial charge in [0.15, 0.2) is 6.61 Å². The van der Waals surface area contributed by atoms with Crippen LogP contribution in [-0.2, 0) is 25.5 Å². The lowest BCUT2D eigenvalue weighted by molar-refractivity contribution is -0.151. The lowest BCUT2D eigenvalue weighted by Crippen LogP contribution is -2.28. The Balaban J connectivity index is 1.55. The molecule has 1 N–H and O–H groups in total. The van der Waals surface area contributed by atoms with Crippen LogP contribution in [0.5, 0.6) is 5.75 Å². The van der Waals surface area contributed by atoms with Gasteiger partial charge < -0.3 is 19.7 Å². The van der Waals surface area contributed by atoms with Gasteiger partial charge in [-0.1, -0.05) is 22.9 Å². The van der Waals surface area contributed by atoms with Crippen LogP contribution in [0.1, 0.15) is 31.4 Å². The molecular weight excluding hydrogens is 476 g/mol. The molecule has 0 aromatic heterocycles. The Morgan fingerprint density at radius 1 is 1.19 bits per heavy atom. The zero-order valence-electron chi connectivity index (χ0n) is 18.4. The van der Waals surface area contributed by atoms with E-state index in [1.54, 1.807) is 29.2 Å². The summed E-state index contributed by atoms with van der Waals surface area (Å²) in [5, 5.41) is 2.84. The van der Waals surface area contributed by atoms with Crippen molar-refractivity contribution in [3.05, 3.63) is 52.0 Å². The highest BCUT2D eigenvalue weighted by molar-refractivity contribution is 9.10. The molecule has 32 heavy (non-hydrogen) atoms. The molecule has 0 saturated carbocycles. The summed E-state index contributed by atoms with van der Waals surface area (Å²) >= 11 is 3.46. The van der Waals surface area contributed by atoms with E-state index in [1.165, 1.54) is 0 Å². The Morgan fingerprint density at radius 2 is 1.91 bits per heavy atom. The number of rotatable bonds is 8. The van der Waals surface area contributed by atoms with Crippen molar-refractivity contribution in [2.24, 2.45) is 5.92 Å². The highest BCUT2D eigenvalue weighted by atomic mass is 79.9. The molecule has 2 aromatic rings. The van der Waals surface area contributed by atoms with Crippen molar-refractivity contribution in [2.45, 2.75) is 33.6 Å². The summed E-state index contributed by atoms with van der Waals surface area (Å²) in [6.07, 6.45) is 0.806. The maximum absolute atomic E-state index is 12.5. The van der Waals surface area contributed by atoms with Crippen LogP contribution in [0.2, 0.25) is 0 Å². The number of nitrogens with zero attached hydrogens (tertiary/aromatic N) is 1. The van der Waals surface area contributed by atoms with Crippen LogP contribution < -0.4 is 15.0 Å². The third-order valence-electron chi connectivity index (χ3n) is 5.29. The van der Waals surface area contributed by atoms with Crippen molar-refractivity contribution in [2.75, 3.05) is 30.0 Å². The zero-order chi connectivity index (χ0) is 23.3. The van der Waals surface area contributed by atoms with Gasteiger partial charge in [0.25, 0.3) is 5.91 Å². The van der Waals surface area contributed by atoms with Crippen LogP contribution in [0.25, 0.3) is 0 Å². The van der Waals surface area contributed by atoms with Gasteiger partial charge in [0.05, 0.1) is 12.5 Å². The lowest BCUT2D eigenvalue weighted by atomic mass is 10.1. The van der Waals surface area contributed by atoms with Gasteiger partial charge in [-0.05, 0) is 67.8 Å². The number of hydrogen-bond donors (Lipinski definition) is 1. The summed E-state index contributed by atoms with van der Waals surface area (Å²) < 4.78 is 11.6. The van der Waals surface area contributed by atoms with E-state index in [0.717, 1.165) is 33.5 Å². The maximum Gasteiger partial charge on any atom is 0.311 e. The van der Waals surface area contributed by atoms with Gasteiger partial charge in [0, 0.05) is 28.8 Å². The molecule has 0 aliphatic carbocycles. The molecule has 1 saturated heterocycles. The minimum atomic E-state index is -0.609. The topological polar surface area (TPSA) is 84.9 Å². The second-order valence-electron chi connectivity index (χ2n) is 7.60. The summed E-state index contributed by atoms with van der Waals surface area (Å²) in [6.45, 7) is 6.20. The second-order valence-corrected chi connectivity index (χ2v) is 8.51. The predicted molar refractivity (Wildman–Crippen MR) is 126 cm³/mol. The highest BCUT2D eigenvalue weighted by Crippen LogP contribution is 2.28. The van der Waals surface area contributed by atoms with Gasteiger partial charge >= 0.3 is 5.97 Å². The van der Waals surface area contributed by atoms with E-state index in [9.17, 15) is 14.4 Å². The minimum absolute atomic E-state index is 0.0550. The first kappa shape index (κ1) is 23.8. The van der Waals surface area contributed by atoms with Gasteiger partial charge in [-0.2, -0.15) is 0 Å². The average molecular weight is 503 g/mol. The maximum atomic E-state index is 12.5. The molecule has 1 atom stereocenters. The standard InChI is InChI=1S/C24H27BrN2O5/c1-4-16-11-18(25)10-15(3)23(16)26-21(28)14-32-24(30)17-12-22(29)27(13-17)19-6-8-20(9-7-19)31-5-2/h6-11,17H,4-5,12-14H2,1-3H3,(H,26,28)/t17-/m0/s1. The van der Waals surface area contributed by atoms with Crippen molar-refractivity contribution < 1.29 is 23.9 Å². The molecule has 0 radical (unpaired) electrons. The Labute approximate surface area is 196 Å². The number of carbonyl (C=O) groups excluding carboxylic acids is 3. The largest absolute Gasteiger partial charge is 0.494 e. The van der Waals surface area contributed by atoms with E-state index in [2.05, 4.69) is 21.2 Å². The molecule has 0 bridgehead atoms. The number of carbonyl (C=O) groups is 3. The van der Waals surface area contributed by atoms with Gasteiger partial charge in [-0.25, -0.2) is 0 Å². The molecule has 3 rings (SSSR count). The molecule has 1 heterocycles. The number of aryl methyl sites for hydroxylation is 2. The van der Waals surface area contributed by atoms with E-state index < -0.39 is 24.4 Å². The molecule has 8 heteroatoms. The highest BCUT2D eigenvalue weighted by Gasteiger charge is 2.36. The first-order valence-electron chi connectivity index (χ1n) is 10.6. The molecule has 2 aromatic carbocycles. The molecule has 0 unspecified atom stereocenters. The molecule has 2 amide bonds. The summed E-state index contributed by atoms with van der Waals surface area (Å²) in [5.41, 5.74) is 3.34. The van der Waals surface area contributed by atoms with Crippen molar-refractivity contribution in [3.63, 3.8) is 0 Å². The van der Waals surface area contributed by atoms with Crippen LogP contribution in [0.4, 0.5) is 11.4 Å². The second kappa shape index (κ2) is 10.6. The average Bonchev–Trinajstić information content (AvgIpc) is 3.16. The number of benzene rings is 2. The molecule has 0 spiro atoms. The number of anilines is 2. The number of esters is 1. The Morgan fingerprint density at radius 3 is 2.56 bits per heavy atom. The SMILES string of the molecule is CCOc1ccc(N2C[C@@H](C(=O)OCC(=O)Nc3c(C)cc(Br)cc3CC)CC2=O)cc1. The fourth-order valence-corrected chi connectivity index (χ4v) is 4.32. The quantitative estimate of drug-likeness (QED) is 0.545. The summed E-state index contributed by atoms with van der Waals surface area (Å²) in [5.74, 6) is -1.01. The van der Waals surface area contributed by atoms with Crippen molar-refractivity contribution in [3.8, 4) is 5.75 Å². The number of halogens is 1. The Kier molecular flexibility index (Phi) is 7.90. The van der Waals surface area contributed by atoms with E-state index in [4.69, 9.17) is 9.47 Å². The number of hydrogen-bond acceptors (Lipinski definition) is 5. The lowest BCUT2D eigenvalue weighted by Gasteiger charge is -2.17. The molecular formula is C24H27BrN2O5. The first-order chi connectivity index (χ1) is 15.3. The Hall–Kier alpha value is -2.87. The molecule has 7 nitrogen and oxygen atoms in total. The third kappa shape index (κ3) is 5.68. The minimum Gasteiger partial charge on any atom is -0.494 e. The van der Waals surface area contributed by atoms with Crippen LogP contribution in [0.15, 0.2) is 40.9 Å². The molecule has 1 aliphatic heterocycles. The van der Waals surface area contributed by atoms with Crippen LogP contribution in [-0.4, -0.2) is 37.5 Å². The normalized spacial score (nSPS) is 15.6. The molecule has 170 valence electrons. The summed E-state index contributed by atoms with van der Waals surface area (Å²) in [7, 11) is 0. The van der Waals surface area contributed by atoms with Gasteiger partial charge in [0.1, 0.15) is 5.75 Å².